The van der Waals surface area contributed by atoms with Gasteiger partial charge < -0.3 is 9.64 Å². The summed E-state index contributed by atoms with van der Waals surface area (Å²) in [5.74, 6) is 0.518. The first-order valence-corrected chi connectivity index (χ1v) is 7.83. The molecule has 2 heterocycles. The first kappa shape index (κ1) is 14.3. The van der Waals surface area contributed by atoms with E-state index in [9.17, 15) is 9.59 Å². The number of amides is 3. The number of carbonyl (C=O) groups is 2. The molecule has 3 amide bonds. The molecule has 0 spiro atoms. The molecule has 8 heteroatoms. The van der Waals surface area contributed by atoms with Gasteiger partial charge in [0.25, 0.3) is 0 Å². The summed E-state index contributed by atoms with van der Waals surface area (Å²) >= 11 is 1.43. The number of nitrogens with zero attached hydrogens (tertiary/aromatic N) is 3. The van der Waals surface area contributed by atoms with Crippen molar-refractivity contribution in [2.24, 2.45) is 0 Å². The smallest absolute Gasteiger partial charge is 0.325 e. The van der Waals surface area contributed by atoms with Gasteiger partial charge in [-0.05, 0) is 12.8 Å². The molecule has 1 aromatic rings. The SMILES string of the molecule is COCCN1CN(C(=O)Nc2nc(C3CC3)cs2)CC1=O. The minimum Gasteiger partial charge on any atom is -0.383 e. The molecule has 114 valence electrons. The van der Waals surface area contributed by atoms with E-state index in [0.717, 1.165) is 5.69 Å². The fourth-order valence-corrected chi connectivity index (χ4v) is 2.99. The highest BCUT2D eigenvalue weighted by Gasteiger charge is 2.31. The molecule has 1 N–H and O–H groups in total. The molecule has 1 saturated carbocycles. The largest absolute Gasteiger partial charge is 0.383 e. The van der Waals surface area contributed by atoms with Gasteiger partial charge in [0.15, 0.2) is 5.13 Å². The zero-order valence-corrected chi connectivity index (χ0v) is 12.7. The minimum absolute atomic E-state index is 0.0555. The second kappa shape index (κ2) is 5.98. The predicted molar refractivity (Wildman–Crippen MR) is 78.3 cm³/mol. The van der Waals surface area contributed by atoms with Gasteiger partial charge in [0, 0.05) is 25.0 Å². The molecule has 1 aliphatic carbocycles. The lowest BCUT2D eigenvalue weighted by molar-refractivity contribution is -0.127. The number of hydrogen-bond donors (Lipinski definition) is 1. The Kier molecular flexibility index (Phi) is 4.07. The van der Waals surface area contributed by atoms with Gasteiger partial charge in [-0.1, -0.05) is 0 Å². The normalized spacial score (nSPS) is 18.4. The fourth-order valence-electron chi connectivity index (χ4n) is 2.21. The molecule has 1 aromatic heterocycles. The molecule has 0 bridgehead atoms. The van der Waals surface area contributed by atoms with Crippen LogP contribution in [-0.4, -0.2) is 60.2 Å². The molecule has 0 atom stereocenters. The van der Waals surface area contributed by atoms with Crippen molar-refractivity contribution in [2.45, 2.75) is 18.8 Å². The molecule has 2 aliphatic rings. The molecule has 1 saturated heterocycles. The number of hydrogen-bond acceptors (Lipinski definition) is 5. The summed E-state index contributed by atoms with van der Waals surface area (Å²) in [6.45, 7) is 1.38. The Morgan fingerprint density at radius 1 is 1.57 bits per heavy atom. The van der Waals surface area contributed by atoms with Crippen LogP contribution in [0.5, 0.6) is 0 Å². The molecule has 7 nitrogen and oxygen atoms in total. The van der Waals surface area contributed by atoms with E-state index in [1.165, 1.54) is 29.1 Å². The van der Waals surface area contributed by atoms with Crippen molar-refractivity contribution in [1.29, 1.82) is 0 Å². The maximum atomic E-state index is 12.1. The molecule has 2 fully saturated rings. The van der Waals surface area contributed by atoms with Crippen LogP contribution < -0.4 is 5.32 Å². The van der Waals surface area contributed by atoms with E-state index in [2.05, 4.69) is 10.3 Å². The van der Waals surface area contributed by atoms with Gasteiger partial charge >= 0.3 is 6.03 Å². The Labute approximate surface area is 126 Å². The molecule has 21 heavy (non-hydrogen) atoms. The third-order valence-electron chi connectivity index (χ3n) is 3.60. The summed E-state index contributed by atoms with van der Waals surface area (Å²) in [6, 6.07) is -0.278. The molecule has 1 aliphatic heterocycles. The van der Waals surface area contributed by atoms with Crippen LogP contribution in [-0.2, 0) is 9.53 Å². The first-order chi connectivity index (χ1) is 10.2. The zero-order chi connectivity index (χ0) is 14.8. The zero-order valence-electron chi connectivity index (χ0n) is 11.9. The van der Waals surface area contributed by atoms with Crippen molar-refractivity contribution in [1.82, 2.24) is 14.8 Å². The Balaban J connectivity index is 1.54. The lowest BCUT2D eigenvalue weighted by atomic mass is 10.3. The average Bonchev–Trinajstić information content (AvgIpc) is 3.11. The van der Waals surface area contributed by atoms with E-state index >= 15 is 0 Å². The summed E-state index contributed by atoms with van der Waals surface area (Å²) in [4.78, 5) is 31.4. The summed E-state index contributed by atoms with van der Waals surface area (Å²) < 4.78 is 4.95. The van der Waals surface area contributed by atoms with Gasteiger partial charge in [0.05, 0.1) is 19.0 Å². The van der Waals surface area contributed by atoms with Gasteiger partial charge in [-0.15, -0.1) is 11.3 Å². The van der Waals surface area contributed by atoms with E-state index in [-0.39, 0.29) is 18.5 Å². The first-order valence-electron chi connectivity index (χ1n) is 6.95. The van der Waals surface area contributed by atoms with Gasteiger partial charge in [0.2, 0.25) is 5.91 Å². The molecule has 0 unspecified atom stereocenters. The summed E-state index contributed by atoms with van der Waals surface area (Å²) in [5.41, 5.74) is 1.06. The number of methoxy groups -OCH3 is 1. The molecule has 3 rings (SSSR count). The van der Waals surface area contributed by atoms with Crippen LogP contribution in [0.1, 0.15) is 24.5 Å². The van der Waals surface area contributed by atoms with Crippen LogP contribution in [0.4, 0.5) is 9.93 Å². The molecule has 0 radical (unpaired) electrons. The summed E-state index contributed by atoms with van der Waals surface area (Å²) in [7, 11) is 1.59. The van der Waals surface area contributed by atoms with Crippen molar-refractivity contribution in [3.05, 3.63) is 11.1 Å². The number of anilines is 1. The second-order valence-electron chi connectivity index (χ2n) is 5.27. The second-order valence-corrected chi connectivity index (χ2v) is 6.13. The molecule has 0 aromatic carbocycles. The van der Waals surface area contributed by atoms with Crippen molar-refractivity contribution >= 4 is 28.4 Å². The lowest BCUT2D eigenvalue weighted by Gasteiger charge is -2.17. The highest BCUT2D eigenvalue weighted by molar-refractivity contribution is 7.13. The van der Waals surface area contributed by atoms with Crippen molar-refractivity contribution in [3.63, 3.8) is 0 Å². The Morgan fingerprint density at radius 2 is 2.38 bits per heavy atom. The van der Waals surface area contributed by atoms with Crippen molar-refractivity contribution in [2.75, 3.05) is 38.8 Å². The third kappa shape index (κ3) is 3.33. The number of ether oxygens (including phenoxy) is 1. The van der Waals surface area contributed by atoms with Gasteiger partial charge in [-0.3, -0.25) is 15.0 Å². The molecular weight excluding hydrogens is 292 g/mol. The van der Waals surface area contributed by atoms with Crippen molar-refractivity contribution in [3.8, 4) is 0 Å². The maximum Gasteiger partial charge on any atom is 0.325 e. The Bertz CT molecular complexity index is 543. The number of nitrogens with one attached hydrogen (secondary N) is 1. The highest BCUT2D eigenvalue weighted by atomic mass is 32.1. The van der Waals surface area contributed by atoms with E-state index in [1.807, 2.05) is 5.38 Å². The molecular formula is C13H18N4O3S. The van der Waals surface area contributed by atoms with Crippen LogP contribution >= 0.6 is 11.3 Å². The quantitative estimate of drug-likeness (QED) is 0.889. The number of aromatic nitrogens is 1. The van der Waals surface area contributed by atoms with E-state index < -0.39 is 0 Å². The summed E-state index contributed by atoms with van der Waals surface area (Å²) in [5, 5.41) is 5.36. The van der Waals surface area contributed by atoms with E-state index in [0.29, 0.717) is 30.9 Å². The standard InChI is InChI=1S/C13H18N4O3S/c1-20-5-4-16-8-17(6-11(16)18)13(19)15-12-14-10(7-21-12)9-2-3-9/h7,9H,2-6,8H2,1H3,(H,14,15,19). The Morgan fingerprint density at radius 3 is 3.10 bits per heavy atom. The fraction of sp³-hybridized carbons (Fsp3) is 0.615. The van der Waals surface area contributed by atoms with Gasteiger partial charge in [-0.2, -0.15) is 0 Å². The van der Waals surface area contributed by atoms with Gasteiger partial charge in [-0.25, -0.2) is 9.78 Å². The van der Waals surface area contributed by atoms with Crippen LogP contribution in [0.2, 0.25) is 0 Å². The summed E-state index contributed by atoms with van der Waals surface area (Å²) in [6.07, 6.45) is 2.37. The van der Waals surface area contributed by atoms with Crippen LogP contribution in [0, 0.1) is 0 Å². The van der Waals surface area contributed by atoms with Crippen LogP contribution in [0.25, 0.3) is 0 Å². The topological polar surface area (TPSA) is 74.8 Å². The lowest BCUT2D eigenvalue weighted by Crippen LogP contribution is -2.35. The van der Waals surface area contributed by atoms with Crippen molar-refractivity contribution < 1.29 is 14.3 Å². The monoisotopic (exact) mass is 310 g/mol. The minimum atomic E-state index is -0.278. The Hall–Kier alpha value is -1.67. The van der Waals surface area contributed by atoms with E-state index in [1.54, 1.807) is 12.0 Å². The maximum absolute atomic E-state index is 12.1. The van der Waals surface area contributed by atoms with Crippen LogP contribution in [0.15, 0.2) is 5.38 Å². The third-order valence-corrected chi connectivity index (χ3v) is 4.38. The number of rotatable bonds is 5. The predicted octanol–water partition coefficient (Wildman–Crippen LogP) is 1.30. The number of urea groups is 1. The average molecular weight is 310 g/mol. The highest BCUT2D eigenvalue weighted by Crippen LogP contribution is 2.40. The van der Waals surface area contributed by atoms with Gasteiger partial charge in [0.1, 0.15) is 6.54 Å². The number of carbonyl (C=O) groups excluding carboxylic acids is 2. The van der Waals surface area contributed by atoms with E-state index in [4.69, 9.17) is 4.74 Å². The number of thiazole rings is 1. The van der Waals surface area contributed by atoms with Crippen LogP contribution in [0.3, 0.4) is 0 Å².